The molecule has 0 fully saturated rings. The van der Waals surface area contributed by atoms with Crippen LogP contribution in [0, 0.1) is 0 Å². The van der Waals surface area contributed by atoms with Crippen molar-refractivity contribution in [2.45, 2.75) is 4.90 Å². The van der Waals surface area contributed by atoms with E-state index in [2.05, 4.69) is 0 Å². The summed E-state index contributed by atoms with van der Waals surface area (Å²) in [7, 11) is -4.65. The molecule has 1 aliphatic rings. The molecule has 3 N–H and O–H groups in total. The molecule has 0 heterocycles. The molecular formula is C14H9NO5S. The highest BCUT2D eigenvalue weighted by atomic mass is 32.2. The minimum absolute atomic E-state index is 0.00902. The Labute approximate surface area is 120 Å². The smallest absolute Gasteiger partial charge is 0.295 e. The van der Waals surface area contributed by atoms with Crippen molar-refractivity contribution < 1.29 is 22.6 Å². The Hall–Kier alpha value is -2.51. The number of nitrogens with two attached hydrogens (primary N) is 1. The molecule has 0 bridgehead atoms. The second-order valence-electron chi connectivity index (χ2n) is 4.58. The monoisotopic (exact) mass is 303 g/mol. The predicted molar refractivity (Wildman–Crippen MR) is 74.0 cm³/mol. The van der Waals surface area contributed by atoms with Crippen LogP contribution in [0.2, 0.25) is 0 Å². The number of carbonyl (C=O) groups excluding carboxylic acids is 2. The molecule has 0 unspecified atom stereocenters. The molecule has 0 spiro atoms. The Morgan fingerprint density at radius 1 is 0.857 bits per heavy atom. The van der Waals surface area contributed by atoms with Crippen LogP contribution in [0.25, 0.3) is 0 Å². The summed E-state index contributed by atoms with van der Waals surface area (Å²) in [5, 5.41) is 0. The van der Waals surface area contributed by atoms with Gasteiger partial charge in [-0.3, -0.25) is 14.1 Å². The van der Waals surface area contributed by atoms with Crippen molar-refractivity contribution in [2.24, 2.45) is 0 Å². The first kappa shape index (κ1) is 13.5. The number of benzene rings is 2. The summed E-state index contributed by atoms with van der Waals surface area (Å²) < 4.78 is 32.1. The van der Waals surface area contributed by atoms with Crippen molar-refractivity contribution in [2.75, 3.05) is 5.73 Å². The summed E-state index contributed by atoms with van der Waals surface area (Å²) in [5.74, 6) is -1.19. The van der Waals surface area contributed by atoms with Crippen LogP contribution in [0.15, 0.2) is 41.3 Å². The molecule has 0 amide bonds. The lowest BCUT2D eigenvalue weighted by atomic mass is 9.83. The minimum Gasteiger partial charge on any atom is -0.398 e. The first-order valence-corrected chi connectivity index (χ1v) is 7.35. The molecule has 0 saturated heterocycles. The molecular weight excluding hydrogens is 294 g/mol. The molecule has 1 aliphatic carbocycles. The molecule has 0 saturated carbocycles. The fourth-order valence-corrected chi connectivity index (χ4v) is 3.13. The maximum atomic E-state index is 12.5. The number of nitrogen functional groups attached to an aromatic ring is 1. The van der Waals surface area contributed by atoms with E-state index in [0.717, 1.165) is 6.07 Å². The van der Waals surface area contributed by atoms with Gasteiger partial charge >= 0.3 is 0 Å². The first-order valence-electron chi connectivity index (χ1n) is 5.90. The molecule has 6 nitrogen and oxygen atoms in total. The van der Waals surface area contributed by atoms with Gasteiger partial charge in [-0.25, -0.2) is 0 Å². The van der Waals surface area contributed by atoms with Gasteiger partial charge in [0.2, 0.25) is 0 Å². The largest absolute Gasteiger partial charge is 0.398 e. The van der Waals surface area contributed by atoms with Gasteiger partial charge in [0, 0.05) is 16.8 Å². The standard InChI is InChI=1S/C14H9NO5S/c15-9-5-6-10(21(18,19)20)12-11(9)13(16)7-3-1-2-4-8(7)14(12)17/h1-6H,15H2,(H,18,19,20). The molecule has 3 rings (SSSR count). The highest BCUT2D eigenvalue weighted by Crippen LogP contribution is 2.34. The van der Waals surface area contributed by atoms with E-state index in [1.807, 2.05) is 0 Å². The van der Waals surface area contributed by atoms with E-state index in [1.165, 1.54) is 18.2 Å². The van der Waals surface area contributed by atoms with E-state index in [0.29, 0.717) is 0 Å². The lowest BCUT2D eigenvalue weighted by molar-refractivity contribution is 0.0977. The molecule has 2 aromatic rings. The van der Waals surface area contributed by atoms with Crippen molar-refractivity contribution in [1.29, 1.82) is 0 Å². The Morgan fingerprint density at radius 2 is 1.38 bits per heavy atom. The second kappa shape index (κ2) is 4.24. The third kappa shape index (κ3) is 1.86. The summed E-state index contributed by atoms with van der Waals surface area (Å²) in [4.78, 5) is 24.3. The summed E-state index contributed by atoms with van der Waals surface area (Å²) in [5.41, 5.74) is 5.39. The van der Waals surface area contributed by atoms with Gasteiger partial charge in [0.25, 0.3) is 10.1 Å². The molecule has 106 valence electrons. The highest BCUT2D eigenvalue weighted by molar-refractivity contribution is 7.86. The quantitative estimate of drug-likeness (QED) is 0.517. The lowest BCUT2D eigenvalue weighted by Gasteiger charge is -2.20. The zero-order valence-corrected chi connectivity index (χ0v) is 11.3. The van der Waals surface area contributed by atoms with E-state index >= 15 is 0 Å². The molecule has 21 heavy (non-hydrogen) atoms. The van der Waals surface area contributed by atoms with Gasteiger partial charge in [-0.05, 0) is 12.1 Å². The topological polar surface area (TPSA) is 115 Å². The van der Waals surface area contributed by atoms with Gasteiger partial charge < -0.3 is 5.73 Å². The van der Waals surface area contributed by atoms with Crippen LogP contribution >= 0.6 is 0 Å². The third-order valence-corrected chi connectivity index (χ3v) is 4.24. The summed E-state index contributed by atoms with van der Waals surface area (Å²) in [6.45, 7) is 0. The van der Waals surface area contributed by atoms with Crippen LogP contribution in [0.5, 0.6) is 0 Å². The SMILES string of the molecule is Nc1ccc(S(=O)(=O)O)c2c1C(=O)c1ccccc1C2=O. The van der Waals surface area contributed by atoms with Crippen LogP contribution in [0.3, 0.4) is 0 Å². The molecule has 7 heteroatoms. The van der Waals surface area contributed by atoms with Gasteiger partial charge in [-0.15, -0.1) is 0 Å². The van der Waals surface area contributed by atoms with Gasteiger partial charge in [0.15, 0.2) is 11.6 Å². The average Bonchev–Trinajstić information content (AvgIpc) is 2.43. The molecule has 0 aliphatic heterocycles. The van der Waals surface area contributed by atoms with Crippen LogP contribution in [-0.2, 0) is 10.1 Å². The highest BCUT2D eigenvalue weighted by Gasteiger charge is 2.35. The fourth-order valence-electron chi connectivity index (χ4n) is 2.43. The Balaban J connectivity index is 2.46. The normalized spacial score (nSPS) is 13.8. The Bertz CT molecular complexity index is 915. The molecule has 2 aromatic carbocycles. The van der Waals surface area contributed by atoms with Gasteiger partial charge in [0.1, 0.15) is 4.90 Å². The van der Waals surface area contributed by atoms with Gasteiger partial charge in [-0.2, -0.15) is 8.42 Å². The van der Waals surface area contributed by atoms with E-state index in [-0.39, 0.29) is 27.9 Å². The van der Waals surface area contributed by atoms with E-state index in [4.69, 9.17) is 5.73 Å². The maximum absolute atomic E-state index is 12.5. The van der Waals surface area contributed by atoms with Crippen LogP contribution in [0.4, 0.5) is 5.69 Å². The zero-order valence-electron chi connectivity index (χ0n) is 10.5. The van der Waals surface area contributed by atoms with Crippen LogP contribution < -0.4 is 5.73 Å². The Morgan fingerprint density at radius 3 is 1.90 bits per heavy atom. The third-order valence-electron chi connectivity index (χ3n) is 3.35. The maximum Gasteiger partial charge on any atom is 0.295 e. The summed E-state index contributed by atoms with van der Waals surface area (Å²) >= 11 is 0. The van der Waals surface area contributed by atoms with E-state index in [9.17, 15) is 22.6 Å². The summed E-state index contributed by atoms with van der Waals surface area (Å²) in [6, 6.07) is 8.25. The van der Waals surface area contributed by atoms with Crippen molar-refractivity contribution in [3.05, 3.63) is 58.7 Å². The van der Waals surface area contributed by atoms with Crippen LogP contribution in [0.1, 0.15) is 31.8 Å². The fraction of sp³-hybridized carbons (Fsp3) is 0. The predicted octanol–water partition coefficient (Wildman–Crippen LogP) is 1.29. The van der Waals surface area contributed by atoms with Crippen LogP contribution in [-0.4, -0.2) is 24.5 Å². The first-order chi connectivity index (χ1) is 9.82. The number of fused-ring (bicyclic) bond motifs is 2. The number of ketones is 2. The van der Waals surface area contributed by atoms with Crippen molar-refractivity contribution in [3.8, 4) is 0 Å². The van der Waals surface area contributed by atoms with Crippen molar-refractivity contribution in [3.63, 3.8) is 0 Å². The van der Waals surface area contributed by atoms with Crippen molar-refractivity contribution >= 4 is 27.4 Å². The summed E-state index contributed by atoms with van der Waals surface area (Å²) in [6.07, 6.45) is 0. The number of anilines is 1. The number of hydrogen-bond acceptors (Lipinski definition) is 5. The number of rotatable bonds is 1. The zero-order chi connectivity index (χ0) is 15.4. The van der Waals surface area contributed by atoms with E-state index < -0.39 is 26.6 Å². The number of carbonyl (C=O) groups is 2. The molecule has 0 atom stereocenters. The average molecular weight is 303 g/mol. The van der Waals surface area contributed by atoms with Gasteiger partial charge in [-0.1, -0.05) is 24.3 Å². The minimum atomic E-state index is -4.65. The lowest BCUT2D eigenvalue weighted by Crippen LogP contribution is -2.25. The molecule has 0 radical (unpaired) electrons. The second-order valence-corrected chi connectivity index (χ2v) is 5.97. The Kier molecular flexibility index (Phi) is 2.72. The number of hydrogen-bond donors (Lipinski definition) is 2. The molecule has 0 aromatic heterocycles. The van der Waals surface area contributed by atoms with Gasteiger partial charge in [0.05, 0.1) is 11.1 Å². The van der Waals surface area contributed by atoms with Crippen molar-refractivity contribution in [1.82, 2.24) is 0 Å². The van der Waals surface area contributed by atoms with E-state index in [1.54, 1.807) is 12.1 Å².